The summed E-state index contributed by atoms with van der Waals surface area (Å²) in [4.78, 5) is 14.5. The van der Waals surface area contributed by atoms with Crippen LogP contribution in [-0.2, 0) is 14.3 Å². The standard InChI is InChI=1S/C18H30N2O3/c1-15(2)16-8-5-6-9-17(16)19-18(21)14-20(11-13-23-4)10-7-12-22-3/h5-6,8-9,15H,7,10-14H2,1-4H3,(H,19,21). The van der Waals surface area contributed by atoms with E-state index in [-0.39, 0.29) is 5.91 Å². The van der Waals surface area contributed by atoms with E-state index in [2.05, 4.69) is 30.1 Å². The zero-order chi connectivity index (χ0) is 17.1. The van der Waals surface area contributed by atoms with Crippen molar-refractivity contribution in [3.63, 3.8) is 0 Å². The largest absolute Gasteiger partial charge is 0.385 e. The number of amides is 1. The number of hydrogen-bond donors (Lipinski definition) is 1. The third-order valence-electron chi connectivity index (χ3n) is 3.66. The van der Waals surface area contributed by atoms with Crippen LogP contribution >= 0.6 is 0 Å². The smallest absolute Gasteiger partial charge is 0.238 e. The van der Waals surface area contributed by atoms with Gasteiger partial charge in [0.2, 0.25) is 5.91 Å². The molecule has 0 radical (unpaired) electrons. The second-order valence-corrected chi connectivity index (χ2v) is 5.91. The molecule has 0 atom stereocenters. The number of carbonyl (C=O) groups excluding carboxylic acids is 1. The first-order valence-electron chi connectivity index (χ1n) is 8.17. The average Bonchev–Trinajstić information content (AvgIpc) is 2.52. The molecule has 0 aliphatic heterocycles. The van der Waals surface area contributed by atoms with Crippen LogP contribution in [-0.4, -0.2) is 57.9 Å². The van der Waals surface area contributed by atoms with Gasteiger partial charge < -0.3 is 14.8 Å². The molecule has 0 saturated carbocycles. The first-order valence-corrected chi connectivity index (χ1v) is 8.17. The minimum absolute atomic E-state index is 0.00613. The van der Waals surface area contributed by atoms with Crippen LogP contribution in [0.2, 0.25) is 0 Å². The Bertz CT molecular complexity index is 463. The van der Waals surface area contributed by atoms with Crippen molar-refractivity contribution in [3.8, 4) is 0 Å². The molecule has 0 aliphatic carbocycles. The molecule has 0 unspecified atom stereocenters. The van der Waals surface area contributed by atoms with Crippen LogP contribution in [0.1, 0.15) is 31.7 Å². The second kappa shape index (κ2) is 11.2. The van der Waals surface area contributed by atoms with Crippen LogP contribution < -0.4 is 5.32 Å². The molecular formula is C18H30N2O3. The molecule has 0 saturated heterocycles. The molecule has 0 aliphatic rings. The molecular weight excluding hydrogens is 292 g/mol. The number of para-hydroxylation sites is 1. The number of anilines is 1. The second-order valence-electron chi connectivity index (χ2n) is 5.91. The van der Waals surface area contributed by atoms with E-state index in [0.717, 1.165) is 30.8 Å². The van der Waals surface area contributed by atoms with Gasteiger partial charge in [-0.25, -0.2) is 0 Å². The van der Waals surface area contributed by atoms with E-state index < -0.39 is 0 Å². The van der Waals surface area contributed by atoms with Crippen molar-refractivity contribution in [2.24, 2.45) is 0 Å². The summed E-state index contributed by atoms with van der Waals surface area (Å²) in [5.74, 6) is 0.379. The molecule has 0 aromatic heterocycles. The number of carbonyl (C=O) groups is 1. The van der Waals surface area contributed by atoms with Crippen LogP contribution in [0, 0.1) is 0 Å². The summed E-state index contributed by atoms with van der Waals surface area (Å²) in [5, 5.41) is 3.04. The van der Waals surface area contributed by atoms with Crippen molar-refractivity contribution >= 4 is 11.6 Å². The predicted octanol–water partition coefficient (Wildman–Crippen LogP) is 2.73. The normalized spacial score (nSPS) is 11.2. The van der Waals surface area contributed by atoms with E-state index in [1.807, 2.05) is 18.2 Å². The fourth-order valence-electron chi connectivity index (χ4n) is 2.43. The fraction of sp³-hybridized carbons (Fsp3) is 0.611. The highest BCUT2D eigenvalue weighted by molar-refractivity contribution is 5.93. The van der Waals surface area contributed by atoms with E-state index in [0.29, 0.717) is 25.7 Å². The molecule has 0 spiro atoms. The number of methoxy groups -OCH3 is 2. The van der Waals surface area contributed by atoms with E-state index in [1.54, 1.807) is 14.2 Å². The molecule has 23 heavy (non-hydrogen) atoms. The first kappa shape index (κ1) is 19.6. The quantitative estimate of drug-likeness (QED) is 0.637. The van der Waals surface area contributed by atoms with Crippen molar-refractivity contribution in [1.82, 2.24) is 4.90 Å². The van der Waals surface area contributed by atoms with Crippen molar-refractivity contribution in [1.29, 1.82) is 0 Å². The average molecular weight is 322 g/mol. The maximum atomic E-state index is 12.4. The lowest BCUT2D eigenvalue weighted by molar-refractivity contribution is -0.117. The monoisotopic (exact) mass is 322 g/mol. The summed E-state index contributed by atoms with van der Waals surface area (Å²) in [7, 11) is 3.36. The summed E-state index contributed by atoms with van der Waals surface area (Å²) in [6.07, 6.45) is 0.899. The molecule has 0 bridgehead atoms. The van der Waals surface area contributed by atoms with Crippen molar-refractivity contribution in [3.05, 3.63) is 29.8 Å². The number of benzene rings is 1. The number of rotatable bonds is 11. The highest BCUT2D eigenvalue weighted by atomic mass is 16.5. The third kappa shape index (κ3) is 7.59. The Labute approximate surface area is 140 Å². The maximum Gasteiger partial charge on any atom is 0.238 e. The molecule has 1 aromatic carbocycles. The predicted molar refractivity (Wildman–Crippen MR) is 94.0 cm³/mol. The van der Waals surface area contributed by atoms with Crippen LogP contribution in [0.4, 0.5) is 5.69 Å². The lowest BCUT2D eigenvalue weighted by atomic mass is 10.0. The van der Waals surface area contributed by atoms with Crippen molar-refractivity contribution < 1.29 is 14.3 Å². The van der Waals surface area contributed by atoms with Gasteiger partial charge >= 0.3 is 0 Å². The van der Waals surface area contributed by atoms with E-state index in [9.17, 15) is 4.79 Å². The molecule has 0 heterocycles. The Morgan fingerprint density at radius 2 is 1.83 bits per heavy atom. The highest BCUT2D eigenvalue weighted by Crippen LogP contribution is 2.23. The van der Waals surface area contributed by atoms with E-state index >= 15 is 0 Å². The highest BCUT2D eigenvalue weighted by Gasteiger charge is 2.13. The van der Waals surface area contributed by atoms with Gasteiger partial charge in [0.15, 0.2) is 0 Å². The Kier molecular flexibility index (Phi) is 9.52. The third-order valence-corrected chi connectivity index (χ3v) is 3.66. The van der Waals surface area contributed by atoms with Gasteiger partial charge in [-0.15, -0.1) is 0 Å². The molecule has 1 rings (SSSR count). The van der Waals surface area contributed by atoms with Gasteiger partial charge in [-0.3, -0.25) is 9.69 Å². The Hall–Kier alpha value is -1.43. The number of hydrogen-bond acceptors (Lipinski definition) is 4. The van der Waals surface area contributed by atoms with Gasteiger partial charge in [0.25, 0.3) is 0 Å². The van der Waals surface area contributed by atoms with Crippen LogP contribution in [0.15, 0.2) is 24.3 Å². The topological polar surface area (TPSA) is 50.8 Å². The van der Waals surface area contributed by atoms with Crippen molar-refractivity contribution in [2.75, 3.05) is 52.4 Å². The van der Waals surface area contributed by atoms with Crippen molar-refractivity contribution in [2.45, 2.75) is 26.2 Å². The zero-order valence-electron chi connectivity index (χ0n) is 14.8. The summed E-state index contributed by atoms with van der Waals surface area (Å²) in [5.41, 5.74) is 2.06. The summed E-state index contributed by atoms with van der Waals surface area (Å²) in [6, 6.07) is 7.96. The molecule has 5 heteroatoms. The molecule has 1 amide bonds. The first-order chi connectivity index (χ1) is 11.1. The molecule has 1 aromatic rings. The number of nitrogens with zero attached hydrogens (tertiary/aromatic N) is 1. The lowest BCUT2D eigenvalue weighted by Crippen LogP contribution is -2.36. The van der Waals surface area contributed by atoms with Gasteiger partial charge in [-0.05, 0) is 24.0 Å². The number of nitrogens with one attached hydrogen (secondary N) is 1. The number of ether oxygens (including phenoxy) is 2. The Morgan fingerprint density at radius 1 is 1.13 bits per heavy atom. The minimum atomic E-state index is 0.00613. The van der Waals surface area contributed by atoms with Gasteiger partial charge in [0, 0.05) is 39.6 Å². The van der Waals surface area contributed by atoms with Crippen LogP contribution in [0.25, 0.3) is 0 Å². The SMILES string of the molecule is COCCCN(CCOC)CC(=O)Nc1ccccc1C(C)C. The van der Waals surface area contributed by atoms with Crippen LogP contribution in [0.5, 0.6) is 0 Å². The summed E-state index contributed by atoms with van der Waals surface area (Å²) < 4.78 is 10.2. The summed E-state index contributed by atoms with van der Waals surface area (Å²) in [6.45, 7) is 7.47. The van der Waals surface area contributed by atoms with Gasteiger partial charge in [-0.2, -0.15) is 0 Å². The van der Waals surface area contributed by atoms with Gasteiger partial charge in [-0.1, -0.05) is 32.0 Å². The maximum absolute atomic E-state index is 12.4. The Balaban J connectivity index is 2.60. The summed E-state index contributed by atoms with van der Waals surface area (Å²) >= 11 is 0. The molecule has 130 valence electrons. The van der Waals surface area contributed by atoms with Gasteiger partial charge in [0.05, 0.1) is 13.2 Å². The fourth-order valence-corrected chi connectivity index (χ4v) is 2.43. The molecule has 5 nitrogen and oxygen atoms in total. The zero-order valence-corrected chi connectivity index (χ0v) is 14.8. The minimum Gasteiger partial charge on any atom is -0.385 e. The van der Waals surface area contributed by atoms with E-state index in [4.69, 9.17) is 9.47 Å². The molecule has 0 fully saturated rings. The van der Waals surface area contributed by atoms with Crippen LogP contribution in [0.3, 0.4) is 0 Å². The Morgan fingerprint density at radius 3 is 2.48 bits per heavy atom. The van der Waals surface area contributed by atoms with Gasteiger partial charge in [0.1, 0.15) is 0 Å². The molecule has 1 N–H and O–H groups in total. The lowest BCUT2D eigenvalue weighted by Gasteiger charge is -2.22. The van der Waals surface area contributed by atoms with E-state index in [1.165, 1.54) is 0 Å².